The van der Waals surface area contributed by atoms with Gasteiger partial charge in [0.15, 0.2) is 0 Å². The lowest BCUT2D eigenvalue weighted by Crippen LogP contribution is -2.40. The van der Waals surface area contributed by atoms with E-state index in [4.69, 9.17) is 11.6 Å². The minimum atomic E-state index is -3.57. The van der Waals surface area contributed by atoms with Gasteiger partial charge in [-0.3, -0.25) is 9.10 Å². The summed E-state index contributed by atoms with van der Waals surface area (Å²) in [6.45, 7) is 0.152. The number of hydrogen-bond donors (Lipinski definition) is 1. The zero-order valence-electron chi connectivity index (χ0n) is 13.6. The highest BCUT2D eigenvalue weighted by molar-refractivity contribution is 9.10. The summed E-state index contributed by atoms with van der Waals surface area (Å²) in [6.07, 6.45) is 1.72. The Balaban J connectivity index is 1.95. The molecule has 0 aliphatic heterocycles. The van der Waals surface area contributed by atoms with E-state index < -0.39 is 10.0 Å². The summed E-state index contributed by atoms with van der Waals surface area (Å²) in [4.78, 5) is 12.1. The van der Waals surface area contributed by atoms with Gasteiger partial charge in [0.25, 0.3) is 0 Å². The van der Waals surface area contributed by atoms with Gasteiger partial charge in [0, 0.05) is 16.0 Å². The first-order chi connectivity index (χ1) is 11.8. The van der Waals surface area contributed by atoms with Gasteiger partial charge in [-0.15, -0.1) is 0 Å². The van der Waals surface area contributed by atoms with Crippen molar-refractivity contribution in [3.05, 3.63) is 63.6 Å². The van der Waals surface area contributed by atoms with Crippen LogP contribution in [0.4, 0.5) is 5.69 Å². The van der Waals surface area contributed by atoms with Crippen LogP contribution < -0.4 is 9.62 Å². The average molecular weight is 446 g/mol. The van der Waals surface area contributed by atoms with Crippen molar-refractivity contribution in [3.8, 4) is 0 Å². The van der Waals surface area contributed by atoms with Crippen LogP contribution in [0, 0.1) is 0 Å². The van der Waals surface area contributed by atoms with Crippen LogP contribution in [0.5, 0.6) is 0 Å². The smallest absolute Gasteiger partial charge is 0.240 e. The largest absolute Gasteiger partial charge is 0.354 e. The molecule has 0 aliphatic rings. The molecule has 0 fully saturated rings. The normalized spacial score (nSPS) is 11.2. The quantitative estimate of drug-likeness (QED) is 0.711. The Kier molecular flexibility index (Phi) is 6.87. The Morgan fingerprint density at radius 2 is 1.72 bits per heavy atom. The van der Waals surface area contributed by atoms with Crippen LogP contribution >= 0.6 is 27.5 Å². The number of halogens is 2. The molecule has 0 unspecified atom stereocenters. The maximum atomic E-state index is 12.1. The molecule has 0 radical (unpaired) electrons. The molecule has 1 N–H and O–H groups in total. The molecule has 0 aliphatic carbocycles. The van der Waals surface area contributed by atoms with Gasteiger partial charge in [0.05, 0.1) is 11.9 Å². The van der Waals surface area contributed by atoms with Gasteiger partial charge >= 0.3 is 0 Å². The molecule has 0 saturated carbocycles. The average Bonchev–Trinajstić information content (AvgIpc) is 2.54. The van der Waals surface area contributed by atoms with Gasteiger partial charge in [-0.05, 0) is 48.4 Å². The molecule has 25 heavy (non-hydrogen) atoms. The lowest BCUT2D eigenvalue weighted by molar-refractivity contribution is -0.119. The van der Waals surface area contributed by atoms with Crippen LogP contribution in [0.25, 0.3) is 0 Å². The predicted octanol–water partition coefficient (Wildman–Crippen LogP) is 3.23. The number of anilines is 1. The molecule has 0 aromatic heterocycles. The molecule has 0 atom stereocenters. The topological polar surface area (TPSA) is 66.5 Å². The van der Waals surface area contributed by atoms with Gasteiger partial charge in [-0.1, -0.05) is 39.7 Å². The molecule has 0 bridgehead atoms. The van der Waals surface area contributed by atoms with Crippen molar-refractivity contribution in [2.75, 3.05) is 23.7 Å². The van der Waals surface area contributed by atoms with Gasteiger partial charge in [0.2, 0.25) is 15.9 Å². The first kappa shape index (κ1) is 19.8. The van der Waals surface area contributed by atoms with E-state index in [0.29, 0.717) is 23.7 Å². The summed E-state index contributed by atoms with van der Waals surface area (Å²) in [5.74, 6) is -0.359. The number of sulfonamides is 1. The van der Waals surface area contributed by atoms with Gasteiger partial charge in [-0.2, -0.15) is 0 Å². The molecule has 0 spiro atoms. The van der Waals surface area contributed by atoms with Crippen LogP contribution in [0.15, 0.2) is 53.0 Å². The Morgan fingerprint density at radius 1 is 1.12 bits per heavy atom. The summed E-state index contributed by atoms with van der Waals surface area (Å²) in [6, 6.07) is 14.1. The third-order valence-electron chi connectivity index (χ3n) is 3.45. The van der Waals surface area contributed by atoms with Crippen molar-refractivity contribution in [1.29, 1.82) is 0 Å². The highest BCUT2D eigenvalue weighted by atomic mass is 79.9. The van der Waals surface area contributed by atoms with E-state index in [-0.39, 0.29) is 12.5 Å². The van der Waals surface area contributed by atoms with E-state index >= 15 is 0 Å². The predicted molar refractivity (Wildman–Crippen MR) is 104 cm³/mol. The third-order valence-corrected chi connectivity index (χ3v) is 5.37. The minimum absolute atomic E-state index is 0.263. The van der Waals surface area contributed by atoms with Crippen LogP contribution in [0.1, 0.15) is 5.56 Å². The monoisotopic (exact) mass is 444 g/mol. The van der Waals surface area contributed by atoms with Crippen molar-refractivity contribution >= 4 is 49.1 Å². The number of carbonyl (C=O) groups excluding carboxylic acids is 1. The molecule has 2 aromatic rings. The number of carbonyl (C=O) groups is 1. The SMILES string of the molecule is CS(=O)(=O)N(CC(=O)NCCc1ccc(Cl)cc1)c1ccc(Br)cc1. The van der Waals surface area contributed by atoms with Crippen molar-refractivity contribution in [2.24, 2.45) is 0 Å². The van der Waals surface area contributed by atoms with Crippen molar-refractivity contribution < 1.29 is 13.2 Å². The van der Waals surface area contributed by atoms with Gasteiger partial charge in [-0.25, -0.2) is 8.42 Å². The Morgan fingerprint density at radius 3 is 2.28 bits per heavy atom. The van der Waals surface area contributed by atoms with Gasteiger partial charge in [0.1, 0.15) is 6.54 Å². The molecule has 2 aromatic carbocycles. The molecule has 0 saturated heterocycles. The van der Waals surface area contributed by atoms with E-state index in [9.17, 15) is 13.2 Å². The lowest BCUT2D eigenvalue weighted by Gasteiger charge is -2.22. The maximum Gasteiger partial charge on any atom is 0.240 e. The fraction of sp³-hybridized carbons (Fsp3) is 0.235. The summed E-state index contributed by atoms with van der Waals surface area (Å²) in [7, 11) is -3.57. The van der Waals surface area contributed by atoms with E-state index in [1.807, 2.05) is 12.1 Å². The summed E-state index contributed by atoms with van der Waals surface area (Å²) in [5, 5.41) is 3.40. The minimum Gasteiger partial charge on any atom is -0.354 e. The number of benzene rings is 2. The molecular weight excluding hydrogens is 428 g/mol. The van der Waals surface area contributed by atoms with Crippen LogP contribution in [-0.2, 0) is 21.2 Å². The van der Waals surface area contributed by atoms with Crippen LogP contribution in [-0.4, -0.2) is 33.7 Å². The molecule has 2 rings (SSSR count). The van der Waals surface area contributed by atoms with E-state index in [1.165, 1.54) is 0 Å². The maximum absolute atomic E-state index is 12.1. The molecule has 134 valence electrons. The van der Waals surface area contributed by atoms with E-state index in [2.05, 4.69) is 21.2 Å². The first-order valence-corrected chi connectivity index (χ1v) is 10.5. The molecule has 0 heterocycles. The second kappa shape index (κ2) is 8.69. The number of nitrogens with zero attached hydrogens (tertiary/aromatic N) is 1. The zero-order valence-corrected chi connectivity index (χ0v) is 16.7. The number of amides is 1. The third kappa shape index (κ3) is 6.34. The summed E-state index contributed by atoms with van der Waals surface area (Å²) in [5.41, 5.74) is 1.48. The Labute approximate surface area is 161 Å². The van der Waals surface area contributed by atoms with Crippen molar-refractivity contribution in [3.63, 3.8) is 0 Å². The standard InChI is InChI=1S/C17H18BrClN2O3S/c1-25(23,24)21(16-8-4-14(18)5-9-16)12-17(22)20-11-10-13-2-6-15(19)7-3-13/h2-9H,10-12H2,1H3,(H,20,22). The highest BCUT2D eigenvalue weighted by Gasteiger charge is 2.20. The van der Waals surface area contributed by atoms with Crippen molar-refractivity contribution in [2.45, 2.75) is 6.42 Å². The molecular formula is C17H18BrClN2O3S. The summed E-state index contributed by atoms with van der Waals surface area (Å²) < 4.78 is 25.9. The lowest BCUT2D eigenvalue weighted by atomic mass is 10.1. The van der Waals surface area contributed by atoms with Crippen LogP contribution in [0.3, 0.4) is 0 Å². The van der Waals surface area contributed by atoms with Crippen LogP contribution in [0.2, 0.25) is 5.02 Å². The fourth-order valence-corrected chi connectivity index (χ4v) is 3.44. The molecule has 8 heteroatoms. The molecule has 5 nitrogen and oxygen atoms in total. The van der Waals surface area contributed by atoms with E-state index in [1.54, 1.807) is 36.4 Å². The zero-order chi connectivity index (χ0) is 18.4. The fourth-order valence-electron chi connectivity index (χ4n) is 2.19. The second-order valence-electron chi connectivity index (χ2n) is 5.47. The summed E-state index contributed by atoms with van der Waals surface area (Å²) >= 11 is 9.13. The first-order valence-electron chi connectivity index (χ1n) is 7.50. The number of hydrogen-bond acceptors (Lipinski definition) is 3. The molecule has 1 amide bonds. The Hall–Kier alpha value is -1.57. The van der Waals surface area contributed by atoms with Crippen molar-refractivity contribution in [1.82, 2.24) is 5.32 Å². The number of rotatable bonds is 7. The Bertz CT molecular complexity index is 824. The van der Waals surface area contributed by atoms with Gasteiger partial charge < -0.3 is 5.32 Å². The number of nitrogens with one attached hydrogen (secondary N) is 1. The highest BCUT2D eigenvalue weighted by Crippen LogP contribution is 2.20. The van der Waals surface area contributed by atoms with E-state index in [0.717, 1.165) is 20.6 Å². The second-order valence-corrected chi connectivity index (χ2v) is 8.73.